The molecule has 5 nitrogen and oxygen atoms in total. The molecule has 0 aromatic heterocycles. The Balaban J connectivity index is 1.70. The average molecular weight is 239 g/mol. The summed E-state index contributed by atoms with van der Waals surface area (Å²) >= 11 is 0. The second kappa shape index (κ2) is 5.49. The van der Waals surface area contributed by atoms with Crippen LogP contribution in [0.25, 0.3) is 0 Å². The first kappa shape index (κ1) is 12.4. The van der Waals surface area contributed by atoms with Crippen molar-refractivity contribution in [2.24, 2.45) is 11.8 Å². The van der Waals surface area contributed by atoms with E-state index in [4.69, 9.17) is 0 Å². The van der Waals surface area contributed by atoms with E-state index in [1.807, 2.05) is 4.90 Å². The maximum atomic E-state index is 12.0. The van der Waals surface area contributed by atoms with Crippen molar-refractivity contribution < 1.29 is 9.59 Å². The van der Waals surface area contributed by atoms with Gasteiger partial charge in [0.1, 0.15) is 0 Å². The number of nitrogens with one attached hydrogen (secondary N) is 2. The fourth-order valence-electron chi connectivity index (χ4n) is 2.37. The van der Waals surface area contributed by atoms with Crippen LogP contribution in [0.5, 0.6) is 0 Å². The van der Waals surface area contributed by atoms with E-state index in [1.54, 1.807) is 6.92 Å². The minimum Gasteiger partial charge on any atom is -0.356 e. The number of amides is 2. The summed E-state index contributed by atoms with van der Waals surface area (Å²) in [6.45, 7) is 5.67. The van der Waals surface area contributed by atoms with Gasteiger partial charge < -0.3 is 15.5 Å². The summed E-state index contributed by atoms with van der Waals surface area (Å²) in [4.78, 5) is 24.8. The van der Waals surface area contributed by atoms with Crippen LogP contribution in [0.3, 0.4) is 0 Å². The summed E-state index contributed by atoms with van der Waals surface area (Å²) in [7, 11) is 0. The van der Waals surface area contributed by atoms with Crippen molar-refractivity contribution in [1.29, 1.82) is 0 Å². The van der Waals surface area contributed by atoms with Gasteiger partial charge in [0.2, 0.25) is 11.8 Å². The van der Waals surface area contributed by atoms with Gasteiger partial charge in [-0.1, -0.05) is 0 Å². The number of carbonyl (C=O) groups excluding carboxylic acids is 2. The second-order valence-corrected chi connectivity index (χ2v) is 5.06. The van der Waals surface area contributed by atoms with Crippen molar-refractivity contribution in [3.63, 3.8) is 0 Å². The van der Waals surface area contributed by atoms with Gasteiger partial charge in [0.25, 0.3) is 0 Å². The van der Waals surface area contributed by atoms with Gasteiger partial charge in [0.05, 0.1) is 5.92 Å². The lowest BCUT2D eigenvalue weighted by Gasteiger charge is -2.37. The Labute approximate surface area is 102 Å². The zero-order valence-corrected chi connectivity index (χ0v) is 10.4. The number of nitrogens with zero attached hydrogens (tertiary/aromatic N) is 1. The molecule has 0 spiro atoms. The number of carbonyl (C=O) groups is 2. The van der Waals surface area contributed by atoms with Gasteiger partial charge in [-0.05, 0) is 18.8 Å². The second-order valence-electron chi connectivity index (χ2n) is 5.06. The predicted octanol–water partition coefficient (Wildman–Crippen LogP) is -0.419. The molecule has 0 aromatic carbocycles. The lowest BCUT2D eigenvalue weighted by atomic mass is 9.94. The van der Waals surface area contributed by atoms with Gasteiger partial charge in [0, 0.05) is 39.6 Å². The number of rotatable bonds is 3. The van der Waals surface area contributed by atoms with Gasteiger partial charge in [0.15, 0.2) is 0 Å². The third-order valence-electron chi connectivity index (χ3n) is 3.70. The third-order valence-corrected chi connectivity index (χ3v) is 3.70. The third kappa shape index (κ3) is 3.19. The molecule has 2 aliphatic rings. The molecule has 0 atom stereocenters. The molecule has 0 radical (unpaired) electrons. The summed E-state index contributed by atoms with van der Waals surface area (Å²) in [5.41, 5.74) is 0. The van der Waals surface area contributed by atoms with E-state index >= 15 is 0 Å². The van der Waals surface area contributed by atoms with Crippen LogP contribution >= 0.6 is 0 Å². The molecule has 2 rings (SSSR count). The van der Waals surface area contributed by atoms with Crippen LogP contribution in [-0.2, 0) is 9.59 Å². The number of likely N-dealkylation sites (tertiary alicyclic amines) is 1. The monoisotopic (exact) mass is 239 g/mol. The van der Waals surface area contributed by atoms with Gasteiger partial charge >= 0.3 is 0 Å². The fraction of sp³-hybridized carbons (Fsp3) is 0.833. The normalized spacial score (nSPS) is 22.1. The molecule has 0 saturated carbocycles. The molecular weight excluding hydrogens is 218 g/mol. The van der Waals surface area contributed by atoms with Crippen LogP contribution in [0.1, 0.15) is 19.8 Å². The van der Waals surface area contributed by atoms with Crippen molar-refractivity contribution in [2.75, 3.05) is 32.7 Å². The highest BCUT2D eigenvalue weighted by atomic mass is 16.2. The van der Waals surface area contributed by atoms with Crippen LogP contribution < -0.4 is 10.6 Å². The highest BCUT2D eigenvalue weighted by molar-refractivity contribution is 5.80. The van der Waals surface area contributed by atoms with Crippen LogP contribution in [0.15, 0.2) is 0 Å². The molecule has 2 heterocycles. The zero-order valence-electron chi connectivity index (χ0n) is 10.4. The average Bonchev–Trinajstić information content (AvgIpc) is 2.24. The molecule has 96 valence electrons. The van der Waals surface area contributed by atoms with Gasteiger partial charge in [-0.3, -0.25) is 9.59 Å². The van der Waals surface area contributed by atoms with E-state index in [0.29, 0.717) is 11.8 Å². The van der Waals surface area contributed by atoms with E-state index in [9.17, 15) is 9.59 Å². The van der Waals surface area contributed by atoms with Crippen molar-refractivity contribution in [2.45, 2.75) is 19.8 Å². The number of hydrogen-bond acceptors (Lipinski definition) is 3. The summed E-state index contributed by atoms with van der Waals surface area (Å²) in [6, 6.07) is 0. The quantitative estimate of drug-likeness (QED) is 0.703. The minimum atomic E-state index is 0.0315. The Hall–Kier alpha value is -1.10. The van der Waals surface area contributed by atoms with Gasteiger partial charge in [-0.15, -0.1) is 0 Å². The minimum absolute atomic E-state index is 0.0315. The molecule has 2 aliphatic heterocycles. The molecule has 17 heavy (non-hydrogen) atoms. The van der Waals surface area contributed by atoms with E-state index < -0.39 is 0 Å². The predicted molar refractivity (Wildman–Crippen MR) is 64.3 cm³/mol. The first-order chi connectivity index (χ1) is 8.16. The first-order valence-corrected chi connectivity index (χ1v) is 6.40. The van der Waals surface area contributed by atoms with Gasteiger partial charge in [-0.2, -0.15) is 0 Å². The maximum Gasteiger partial charge on any atom is 0.228 e. The SMILES string of the molecule is CC(=O)NCC1CCN(C(=O)C2CNC2)CC1. The van der Waals surface area contributed by atoms with E-state index in [-0.39, 0.29) is 11.8 Å². The van der Waals surface area contributed by atoms with Crippen molar-refractivity contribution in [3.05, 3.63) is 0 Å². The molecule has 0 bridgehead atoms. The standard InChI is InChI=1S/C12H21N3O2/c1-9(16)14-6-10-2-4-15(5-3-10)12(17)11-7-13-8-11/h10-11,13H,2-8H2,1H3,(H,14,16). The maximum absolute atomic E-state index is 12.0. The summed E-state index contributed by atoms with van der Waals surface area (Å²) in [6.07, 6.45) is 2.01. The molecule has 0 aliphatic carbocycles. The van der Waals surface area contributed by atoms with Crippen LogP contribution in [0.2, 0.25) is 0 Å². The Morgan fingerprint density at radius 2 is 1.94 bits per heavy atom. The molecular formula is C12H21N3O2. The van der Waals surface area contributed by atoms with Crippen LogP contribution in [0.4, 0.5) is 0 Å². The lowest BCUT2D eigenvalue weighted by molar-refractivity contribution is -0.138. The first-order valence-electron chi connectivity index (χ1n) is 6.40. The summed E-state index contributed by atoms with van der Waals surface area (Å²) in [5, 5.41) is 5.98. The Kier molecular flexibility index (Phi) is 3.99. The van der Waals surface area contributed by atoms with Gasteiger partial charge in [-0.25, -0.2) is 0 Å². The largest absolute Gasteiger partial charge is 0.356 e. The Morgan fingerprint density at radius 1 is 1.29 bits per heavy atom. The smallest absolute Gasteiger partial charge is 0.228 e. The highest BCUT2D eigenvalue weighted by Crippen LogP contribution is 2.19. The molecule has 0 aromatic rings. The number of piperidine rings is 1. The highest BCUT2D eigenvalue weighted by Gasteiger charge is 2.31. The van der Waals surface area contributed by atoms with E-state index in [2.05, 4.69) is 10.6 Å². The molecule has 5 heteroatoms. The fourth-order valence-corrected chi connectivity index (χ4v) is 2.37. The number of hydrogen-bond donors (Lipinski definition) is 2. The lowest BCUT2D eigenvalue weighted by Crippen LogP contribution is -2.53. The van der Waals surface area contributed by atoms with Crippen molar-refractivity contribution in [1.82, 2.24) is 15.5 Å². The summed E-state index contributed by atoms with van der Waals surface area (Å²) in [5.74, 6) is 1.08. The molecule has 2 amide bonds. The molecule has 2 saturated heterocycles. The van der Waals surface area contributed by atoms with Crippen LogP contribution in [0, 0.1) is 11.8 Å². The summed E-state index contributed by atoms with van der Waals surface area (Å²) < 4.78 is 0. The van der Waals surface area contributed by atoms with E-state index in [0.717, 1.165) is 45.6 Å². The molecule has 0 unspecified atom stereocenters. The Morgan fingerprint density at radius 3 is 2.41 bits per heavy atom. The van der Waals surface area contributed by atoms with Crippen molar-refractivity contribution in [3.8, 4) is 0 Å². The van der Waals surface area contributed by atoms with Crippen LogP contribution in [-0.4, -0.2) is 49.4 Å². The van der Waals surface area contributed by atoms with Crippen molar-refractivity contribution >= 4 is 11.8 Å². The zero-order chi connectivity index (χ0) is 12.3. The van der Waals surface area contributed by atoms with E-state index in [1.165, 1.54) is 0 Å². The molecule has 2 N–H and O–H groups in total. The topological polar surface area (TPSA) is 61.4 Å². The molecule has 2 fully saturated rings. The Bertz CT molecular complexity index is 294.